The number of ether oxygens (including phenoxy) is 1. The van der Waals surface area contributed by atoms with Crippen molar-refractivity contribution in [2.75, 3.05) is 12.5 Å². The van der Waals surface area contributed by atoms with Crippen molar-refractivity contribution in [2.45, 2.75) is 17.5 Å². The van der Waals surface area contributed by atoms with Crippen LogP contribution in [-0.4, -0.2) is 56.1 Å². The standard InChI is InChI=1S/C12H8N2O4S2.C6H5NO2S.C2H6S2.CH4/c15-7-18-9-2-4-11(14-6-9)20-19-10-3-1-8(5-13-10)12(16)17;8-6(9)4-1-2-5(10)7-3-4;1-3-4-2;/h1-7H,(H,16,17);1-3H,(H,7,10)(H,8,9);1-2H3;1H4. The monoisotopic (exact) mass is 573 g/mol. The van der Waals surface area contributed by atoms with Crippen LogP contribution in [0.1, 0.15) is 28.1 Å². The van der Waals surface area contributed by atoms with E-state index in [1.165, 1.54) is 52.3 Å². The molecule has 3 N–H and O–H groups in total. The maximum atomic E-state index is 10.7. The fourth-order valence-corrected chi connectivity index (χ4v) is 3.57. The average Bonchev–Trinajstić information content (AvgIpc) is 2.85. The van der Waals surface area contributed by atoms with Crippen molar-refractivity contribution in [3.8, 4) is 5.75 Å². The Kier molecular flexibility index (Phi) is 17.4. The van der Waals surface area contributed by atoms with Crippen LogP contribution in [0.2, 0.25) is 0 Å². The Balaban J connectivity index is 0.000000645. The summed E-state index contributed by atoms with van der Waals surface area (Å²) in [5.41, 5.74) is 0.362. The third kappa shape index (κ3) is 13.8. The van der Waals surface area contributed by atoms with E-state index in [0.717, 1.165) is 5.03 Å². The highest BCUT2D eigenvalue weighted by atomic mass is 33.1. The van der Waals surface area contributed by atoms with Gasteiger partial charge in [-0.3, -0.25) is 4.79 Å². The molecule has 3 aromatic rings. The van der Waals surface area contributed by atoms with Crippen molar-refractivity contribution in [1.82, 2.24) is 15.0 Å². The largest absolute Gasteiger partial charge is 0.478 e. The van der Waals surface area contributed by atoms with Crippen LogP contribution in [0, 0.1) is 4.64 Å². The summed E-state index contributed by atoms with van der Waals surface area (Å²) >= 11 is 4.71. The number of nitrogens with one attached hydrogen (secondary N) is 1. The molecule has 0 spiro atoms. The predicted octanol–water partition coefficient (Wildman–Crippen LogP) is 6.22. The lowest BCUT2D eigenvalue weighted by molar-refractivity contribution is -0.120. The number of hydrogen-bond donors (Lipinski definition) is 3. The Morgan fingerprint density at radius 3 is 1.83 bits per heavy atom. The first-order chi connectivity index (χ1) is 16.3. The minimum Gasteiger partial charge on any atom is -0.478 e. The molecule has 0 aromatic carbocycles. The number of hydrogen-bond acceptors (Lipinski definition) is 11. The molecular formula is C21H23N3O6S5. The highest BCUT2D eigenvalue weighted by molar-refractivity contribution is 8.76. The second-order valence-electron chi connectivity index (χ2n) is 5.48. The number of aromatic nitrogens is 3. The number of rotatable bonds is 8. The Bertz CT molecular complexity index is 1090. The molecule has 0 amide bonds. The number of nitrogens with zero attached hydrogens (tertiary/aromatic N) is 2. The third-order valence-corrected chi connectivity index (χ3v) is 7.06. The minimum absolute atomic E-state index is 0. The Labute approximate surface area is 223 Å². The lowest BCUT2D eigenvalue weighted by Crippen LogP contribution is -1.96. The van der Waals surface area contributed by atoms with E-state index in [0.29, 0.717) is 21.9 Å². The molecule has 3 rings (SSSR count). The van der Waals surface area contributed by atoms with E-state index in [-0.39, 0.29) is 18.6 Å². The lowest BCUT2D eigenvalue weighted by atomic mass is 10.3. The summed E-state index contributed by atoms with van der Waals surface area (Å²) in [6.45, 7) is 0.340. The predicted molar refractivity (Wildman–Crippen MR) is 146 cm³/mol. The van der Waals surface area contributed by atoms with E-state index in [1.807, 2.05) is 0 Å². The van der Waals surface area contributed by atoms with Crippen LogP contribution in [-0.2, 0) is 4.79 Å². The lowest BCUT2D eigenvalue weighted by Gasteiger charge is -2.01. The van der Waals surface area contributed by atoms with E-state index >= 15 is 0 Å². The molecular weight excluding hydrogens is 551 g/mol. The van der Waals surface area contributed by atoms with Crippen molar-refractivity contribution in [3.63, 3.8) is 0 Å². The van der Waals surface area contributed by atoms with Crippen LogP contribution in [0.3, 0.4) is 0 Å². The zero-order valence-corrected chi connectivity index (χ0v) is 21.8. The van der Waals surface area contributed by atoms with Gasteiger partial charge in [-0.05, 0) is 70.5 Å². The molecule has 0 unspecified atom stereocenters. The summed E-state index contributed by atoms with van der Waals surface area (Å²) in [4.78, 5) is 41.8. The fraction of sp³-hybridized carbons (Fsp3) is 0.143. The van der Waals surface area contributed by atoms with Crippen LogP contribution >= 0.6 is 55.4 Å². The van der Waals surface area contributed by atoms with Gasteiger partial charge in [-0.1, -0.05) is 41.2 Å². The van der Waals surface area contributed by atoms with Gasteiger partial charge in [0.25, 0.3) is 6.47 Å². The number of carbonyl (C=O) groups excluding carboxylic acids is 1. The maximum absolute atomic E-state index is 10.7. The zero-order valence-electron chi connectivity index (χ0n) is 17.7. The Hall–Kier alpha value is -2.52. The van der Waals surface area contributed by atoms with E-state index < -0.39 is 11.9 Å². The zero-order chi connectivity index (χ0) is 25.3. The number of aromatic carboxylic acids is 2. The molecule has 0 fully saturated rings. The second-order valence-corrected chi connectivity index (χ2v) is 10.8. The highest BCUT2D eigenvalue weighted by Crippen LogP contribution is 2.35. The second kappa shape index (κ2) is 18.8. The molecule has 3 aromatic heterocycles. The van der Waals surface area contributed by atoms with Gasteiger partial charge in [-0.15, -0.1) is 0 Å². The van der Waals surface area contributed by atoms with Gasteiger partial charge in [-0.2, -0.15) is 0 Å². The molecule has 188 valence electrons. The summed E-state index contributed by atoms with van der Waals surface area (Å²) in [6, 6.07) is 9.46. The molecule has 0 aliphatic heterocycles. The average molecular weight is 574 g/mol. The van der Waals surface area contributed by atoms with Crippen molar-refractivity contribution >= 4 is 73.8 Å². The van der Waals surface area contributed by atoms with Gasteiger partial charge in [0, 0.05) is 12.4 Å². The molecule has 0 aliphatic carbocycles. The first kappa shape index (κ1) is 32.5. The number of pyridine rings is 3. The van der Waals surface area contributed by atoms with E-state index in [2.05, 4.69) is 32.2 Å². The first-order valence-electron chi connectivity index (χ1n) is 8.89. The van der Waals surface area contributed by atoms with E-state index in [9.17, 15) is 14.4 Å². The molecule has 0 radical (unpaired) electrons. The van der Waals surface area contributed by atoms with E-state index in [4.69, 9.17) is 22.4 Å². The molecule has 0 saturated carbocycles. The summed E-state index contributed by atoms with van der Waals surface area (Å²) in [5.74, 6) is -1.58. The van der Waals surface area contributed by atoms with Crippen LogP contribution in [0.25, 0.3) is 0 Å². The molecule has 0 atom stereocenters. The van der Waals surface area contributed by atoms with Gasteiger partial charge >= 0.3 is 11.9 Å². The van der Waals surface area contributed by atoms with Gasteiger partial charge in [0.15, 0.2) is 0 Å². The summed E-state index contributed by atoms with van der Waals surface area (Å²) in [5, 5.41) is 18.6. The van der Waals surface area contributed by atoms with Gasteiger partial charge < -0.3 is 19.9 Å². The topological polar surface area (TPSA) is 142 Å². The molecule has 0 aliphatic rings. The maximum Gasteiger partial charge on any atom is 0.337 e. The molecule has 0 bridgehead atoms. The number of carboxylic acid groups (broad SMARTS) is 2. The molecule has 9 nitrogen and oxygen atoms in total. The van der Waals surface area contributed by atoms with E-state index in [1.54, 1.807) is 45.9 Å². The third-order valence-electron chi connectivity index (χ3n) is 3.29. The summed E-state index contributed by atoms with van der Waals surface area (Å²) in [6.07, 6.45) is 8.23. The number of carboxylic acids is 2. The van der Waals surface area contributed by atoms with Gasteiger partial charge in [0.1, 0.15) is 20.4 Å². The van der Waals surface area contributed by atoms with Crippen LogP contribution in [0.5, 0.6) is 5.75 Å². The van der Waals surface area contributed by atoms with Gasteiger partial charge in [0.2, 0.25) is 0 Å². The Morgan fingerprint density at radius 1 is 0.914 bits per heavy atom. The van der Waals surface area contributed by atoms with Gasteiger partial charge in [-0.25, -0.2) is 19.6 Å². The normalized spacial score (nSPS) is 9.20. The fourth-order valence-electron chi connectivity index (χ4n) is 1.73. The number of carbonyl (C=O) groups is 3. The molecule has 35 heavy (non-hydrogen) atoms. The van der Waals surface area contributed by atoms with Crippen LogP contribution in [0.15, 0.2) is 65.0 Å². The van der Waals surface area contributed by atoms with Crippen molar-refractivity contribution in [2.24, 2.45) is 0 Å². The first-order valence-corrected chi connectivity index (χ1v) is 14.4. The number of H-pyrrole nitrogens is 1. The molecule has 3 heterocycles. The van der Waals surface area contributed by atoms with Crippen LogP contribution < -0.4 is 4.74 Å². The molecule has 0 saturated heterocycles. The quantitative estimate of drug-likeness (QED) is 0.160. The van der Waals surface area contributed by atoms with Gasteiger partial charge in [0.05, 0.1) is 17.3 Å². The minimum atomic E-state index is -1.01. The molecule has 14 heteroatoms. The SMILES string of the molecule is C.CSSC.O=C(O)c1ccc(=S)[nH]c1.O=COc1ccc(SSc2ccc(C(=O)O)cn2)nc1. The summed E-state index contributed by atoms with van der Waals surface area (Å²) < 4.78 is 5.16. The van der Waals surface area contributed by atoms with Crippen molar-refractivity contribution in [3.05, 3.63) is 70.8 Å². The highest BCUT2D eigenvalue weighted by Gasteiger charge is 2.05. The van der Waals surface area contributed by atoms with Crippen molar-refractivity contribution in [1.29, 1.82) is 0 Å². The summed E-state index contributed by atoms with van der Waals surface area (Å²) in [7, 11) is 6.27. The Morgan fingerprint density at radius 2 is 1.46 bits per heavy atom. The van der Waals surface area contributed by atoms with Crippen LogP contribution in [0.4, 0.5) is 0 Å². The smallest absolute Gasteiger partial charge is 0.337 e. The number of aromatic amines is 1. The van der Waals surface area contributed by atoms with Crippen molar-refractivity contribution < 1.29 is 29.3 Å².